The van der Waals surface area contributed by atoms with Crippen LogP contribution in [-0.4, -0.2) is 12.6 Å². The van der Waals surface area contributed by atoms with Crippen LogP contribution in [0, 0.1) is 5.92 Å². The van der Waals surface area contributed by atoms with Crippen LogP contribution in [0.5, 0.6) is 0 Å². The largest absolute Gasteiger partial charge is 0.455 e. The van der Waals surface area contributed by atoms with E-state index in [4.69, 9.17) is 4.42 Å². The van der Waals surface area contributed by atoms with Gasteiger partial charge in [-0.25, -0.2) is 0 Å². The van der Waals surface area contributed by atoms with Crippen LogP contribution in [0.3, 0.4) is 0 Å². The summed E-state index contributed by atoms with van der Waals surface area (Å²) in [5, 5.41) is 6.26. The number of hydrogen-bond donors (Lipinski definition) is 0. The van der Waals surface area contributed by atoms with Crippen LogP contribution in [-0.2, 0) is 17.5 Å². The van der Waals surface area contributed by atoms with Gasteiger partial charge in [-0.1, -0.05) is 127 Å². The van der Waals surface area contributed by atoms with E-state index in [9.17, 15) is 0 Å². The summed E-state index contributed by atoms with van der Waals surface area (Å²) in [6.45, 7) is 19.3. The molecule has 57 heavy (non-hydrogen) atoms. The molecule has 5 heterocycles. The van der Waals surface area contributed by atoms with Gasteiger partial charge in [-0.05, 0) is 82.8 Å². The summed E-state index contributed by atoms with van der Waals surface area (Å²) < 4.78 is 15.0. The third-order valence-electron chi connectivity index (χ3n) is 12.8. The lowest BCUT2D eigenvalue weighted by Gasteiger charge is -2.25. The molecule has 0 N–H and O–H groups in total. The number of furan rings is 1. The van der Waals surface area contributed by atoms with E-state index in [0.717, 1.165) is 45.4 Å². The summed E-state index contributed by atoms with van der Waals surface area (Å²) in [6.07, 6.45) is 3.65. The highest BCUT2D eigenvalue weighted by Crippen LogP contribution is 2.53. The van der Waals surface area contributed by atoms with Gasteiger partial charge >= 0.3 is 11.5 Å². The Hall–Kier alpha value is -5.78. The van der Waals surface area contributed by atoms with Crippen molar-refractivity contribution in [1.29, 1.82) is 0 Å². The standard InChI is InChI=1S/C52H49N3OSi/c1-32(2)28-34-29-45-39-25-24-35(51(3,4)5)30-41(39)52(53(45)31-47(34)57(6,7)8)40-27-26-38-37-19-11-14-23-46(37)56-49(38)48(40)50-54(43-20-12-13-21-44(43)55(50)52)42-22-15-17-33-16-9-10-18-36(33)42/h9-27,29-32H,28H2,1-8H3/q+2. The molecule has 0 fully saturated rings. The van der Waals surface area contributed by atoms with Crippen LogP contribution in [0.1, 0.15) is 56.9 Å². The van der Waals surface area contributed by atoms with Gasteiger partial charge in [-0.3, -0.25) is 0 Å². The second-order valence-corrected chi connectivity index (χ2v) is 24.0. The van der Waals surface area contributed by atoms with Crippen molar-refractivity contribution in [2.24, 2.45) is 5.92 Å². The molecule has 6 aromatic carbocycles. The molecule has 2 aliphatic heterocycles. The van der Waals surface area contributed by atoms with Crippen molar-refractivity contribution in [1.82, 2.24) is 4.57 Å². The molecule has 2 aliphatic rings. The van der Waals surface area contributed by atoms with Crippen molar-refractivity contribution in [3.63, 3.8) is 0 Å². The topological polar surface area (TPSA) is 25.8 Å². The number of rotatable bonds is 4. The number of aromatic nitrogens is 3. The Morgan fingerprint density at radius 1 is 0.737 bits per heavy atom. The summed E-state index contributed by atoms with van der Waals surface area (Å²) in [5.74, 6) is 1.69. The van der Waals surface area contributed by atoms with E-state index < -0.39 is 13.7 Å². The Balaban J connectivity index is 1.40. The van der Waals surface area contributed by atoms with Gasteiger partial charge in [0.05, 0.1) is 24.8 Å². The van der Waals surface area contributed by atoms with Crippen LogP contribution in [0.25, 0.3) is 72.1 Å². The summed E-state index contributed by atoms with van der Waals surface area (Å²) in [6, 6.07) is 47.8. The van der Waals surface area contributed by atoms with E-state index in [1.54, 1.807) is 0 Å². The maximum absolute atomic E-state index is 7.09. The van der Waals surface area contributed by atoms with E-state index in [2.05, 4.69) is 202 Å². The minimum atomic E-state index is -1.83. The first-order chi connectivity index (χ1) is 27.4. The molecule has 1 spiro atoms. The van der Waals surface area contributed by atoms with Crippen molar-refractivity contribution in [2.45, 2.75) is 71.8 Å². The zero-order chi connectivity index (χ0) is 39.2. The molecule has 0 saturated heterocycles. The predicted octanol–water partition coefficient (Wildman–Crippen LogP) is 11.6. The highest BCUT2D eigenvalue weighted by Gasteiger charge is 2.67. The maximum atomic E-state index is 7.09. The van der Waals surface area contributed by atoms with E-state index in [-0.39, 0.29) is 5.41 Å². The minimum Gasteiger partial charge on any atom is -0.455 e. The number of para-hydroxylation sites is 3. The SMILES string of the molecule is CC(C)Cc1cc2[n+](cc1[Si](C)(C)C)C1(c3cc(C(C)(C)C)ccc3-2)c2ccc3c(oc4ccccc43)c2-c2n(-c3cccc4ccccc34)c3ccccc3[n+]21. The lowest BCUT2D eigenvalue weighted by Crippen LogP contribution is -2.72. The lowest BCUT2D eigenvalue weighted by atomic mass is 9.82. The van der Waals surface area contributed by atoms with Gasteiger partial charge in [0.1, 0.15) is 16.8 Å². The average molecular weight is 760 g/mol. The van der Waals surface area contributed by atoms with Gasteiger partial charge < -0.3 is 4.42 Å². The first-order valence-electron chi connectivity index (χ1n) is 20.6. The molecule has 5 heteroatoms. The summed E-state index contributed by atoms with van der Waals surface area (Å²) >= 11 is 0. The minimum absolute atomic E-state index is 0.0451. The number of fused-ring (bicyclic) bond motifs is 17. The molecule has 0 aliphatic carbocycles. The smallest absolute Gasteiger partial charge is 0.364 e. The molecule has 0 amide bonds. The molecule has 0 saturated carbocycles. The Bertz CT molecular complexity index is 3160. The predicted molar refractivity (Wildman–Crippen MR) is 238 cm³/mol. The van der Waals surface area contributed by atoms with Gasteiger partial charge in [0.25, 0.3) is 0 Å². The van der Waals surface area contributed by atoms with Gasteiger partial charge in [0.2, 0.25) is 5.69 Å². The second-order valence-electron chi connectivity index (χ2n) is 18.9. The molecule has 9 aromatic rings. The molecule has 280 valence electrons. The third kappa shape index (κ3) is 4.61. The quantitative estimate of drug-likeness (QED) is 0.130. The van der Waals surface area contributed by atoms with E-state index >= 15 is 0 Å². The average Bonchev–Trinajstić information content (AvgIpc) is 3.89. The van der Waals surface area contributed by atoms with Crippen molar-refractivity contribution < 1.29 is 13.6 Å². The molecule has 3 aromatic heterocycles. The number of benzene rings is 6. The number of hydrogen-bond acceptors (Lipinski definition) is 1. The van der Waals surface area contributed by atoms with Crippen LogP contribution < -0.4 is 14.3 Å². The zero-order valence-electron chi connectivity index (χ0n) is 34.2. The molecule has 0 bridgehead atoms. The third-order valence-corrected chi connectivity index (χ3v) is 14.8. The first kappa shape index (κ1) is 34.5. The van der Waals surface area contributed by atoms with Crippen LogP contribution in [0.4, 0.5) is 0 Å². The van der Waals surface area contributed by atoms with Gasteiger partial charge in [-0.2, -0.15) is 4.57 Å². The molecule has 0 radical (unpaired) electrons. The maximum Gasteiger partial charge on any atom is 0.364 e. The molecular weight excluding hydrogens is 711 g/mol. The highest BCUT2D eigenvalue weighted by atomic mass is 28.3. The second kappa shape index (κ2) is 11.6. The summed E-state index contributed by atoms with van der Waals surface area (Å²) in [7, 11) is -1.83. The monoisotopic (exact) mass is 759 g/mol. The molecule has 1 atom stereocenters. The van der Waals surface area contributed by atoms with Crippen LogP contribution >= 0.6 is 0 Å². The molecule has 11 rings (SSSR count). The Kier molecular flexibility index (Phi) is 7.04. The van der Waals surface area contributed by atoms with Crippen molar-refractivity contribution in [3.05, 3.63) is 156 Å². The lowest BCUT2D eigenvalue weighted by molar-refractivity contribution is -0.944. The van der Waals surface area contributed by atoms with Crippen LogP contribution in [0.2, 0.25) is 19.6 Å². The fraction of sp³-hybridized carbons (Fsp3) is 0.231. The molecule has 4 nitrogen and oxygen atoms in total. The summed E-state index contributed by atoms with van der Waals surface area (Å²) in [4.78, 5) is 0. The van der Waals surface area contributed by atoms with Gasteiger partial charge in [0.15, 0.2) is 22.8 Å². The molecule has 1 unspecified atom stereocenters. The van der Waals surface area contributed by atoms with Crippen molar-refractivity contribution >= 4 is 57.0 Å². The number of pyridine rings is 1. The van der Waals surface area contributed by atoms with Gasteiger partial charge in [0, 0.05) is 27.4 Å². The van der Waals surface area contributed by atoms with Crippen LogP contribution in [0.15, 0.2) is 138 Å². The van der Waals surface area contributed by atoms with E-state index in [0.29, 0.717) is 5.92 Å². The number of imidazole rings is 1. The van der Waals surface area contributed by atoms with E-state index in [1.165, 1.54) is 60.5 Å². The Morgan fingerprint density at radius 2 is 1.47 bits per heavy atom. The molecular formula is C52H49N3OSi+2. The highest BCUT2D eigenvalue weighted by molar-refractivity contribution is 6.89. The number of nitrogens with zero attached hydrogens (tertiary/aromatic N) is 3. The van der Waals surface area contributed by atoms with E-state index in [1.807, 2.05) is 0 Å². The Morgan fingerprint density at radius 3 is 2.26 bits per heavy atom. The van der Waals surface area contributed by atoms with Crippen molar-refractivity contribution in [2.75, 3.05) is 0 Å². The fourth-order valence-corrected chi connectivity index (χ4v) is 12.0. The first-order valence-corrected chi connectivity index (χ1v) is 24.1. The van der Waals surface area contributed by atoms with Crippen molar-refractivity contribution in [3.8, 4) is 28.3 Å². The zero-order valence-corrected chi connectivity index (χ0v) is 35.2. The Labute approximate surface area is 335 Å². The fourth-order valence-electron chi connectivity index (χ4n) is 10.3. The summed E-state index contributed by atoms with van der Waals surface area (Å²) in [5.41, 5.74) is 13.7. The normalized spacial score (nSPS) is 16.0. The van der Waals surface area contributed by atoms with Gasteiger partial charge in [-0.15, -0.1) is 9.13 Å².